The van der Waals surface area contributed by atoms with Crippen molar-refractivity contribution in [2.75, 3.05) is 13.6 Å². The lowest BCUT2D eigenvalue weighted by Crippen LogP contribution is -2.40. The molecule has 2 N–H and O–H groups in total. The first-order valence-electron chi connectivity index (χ1n) is 8.86. The second-order valence-electron chi connectivity index (χ2n) is 6.41. The van der Waals surface area contributed by atoms with E-state index in [1.807, 2.05) is 24.3 Å². The van der Waals surface area contributed by atoms with E-state index >= 15 is 0 Å². The molecule has 1 amide bonds. The van der Waals surface area contributed by atoms with E-state index in [1.165, 1.54) is 31.3 Å². The molecule has 0 fully saturated rings. The van der Waals surface area contributed by atoms with Crippen LogP contribution in [0.15, 0.2) is 53.4 Å². The van der Waals surface area contributed by atoms with Crippen molar-refractivity contribution < 1.29 is 13.2 Å². The number of halogens is 1. The summed E-state index contributed by atoms with van der Waals surface area (Å²) in [6, 6.07) is 13.6. The van der Waals surface area contributed by atoms with Crippen molar-refractivity contribution in [2.45, 2.75) is 37.0 Å². The van der Waals surface area contributed by atoms with Crippen LogP contribution in [0.4, 0.5) is 0 Å². The Labute approximate surface area is 166 Å². The van der Waals surface area contributed by atoms with E-state index in [2.05, 4.69) is 23.9 Å². The van der Waals surface area contributed by atoms with Crippen LogP contribution >= 0.6 is 11.6 Å². The van der Waals surface area contributed by atoms with Gasteiger partial charge in [0.25, 0.3) is 5.91 Å². The standard InChI is InChI=1S/C20H25ClN2O3S/c1-4-20(5-2,16-8-10-17(21)11-9-16)14-23-19(24)15-6-12-18(13-7-15)27(25,26)22-3/h6-13,22H,4-5,14H2,1-3H3,(H,23,24). The topological polar surface area (TPSA) is 75.3 Å². The molecule has 5 nitrogen and oxygen atoms in total. The predicted molar refractivity (Wildman–Crippen MR) is 109 cm³/mol. The molecule has 27 heavy (non-hydrogen) atoms. The lowest BCUT2D eigenvalue weighted by atomic mass is 9.75. The fourth-order valence-corrected chi connectivity index (χ4v) is 3.92. The fourth-order valence-electron chi connectivity index (χ4n) is 3.07. The minimum atomic E-state index is -3.52. The van der Waals surface area contributed by atoms with Crippen molar-refractivity contribution in [1.29, 1.82) is 0 Å². The quantitative estimate of drug-likeness (QED) is 0.698. The van der Waals surface area contributed by atoms with Crippen LogP contribution < -0.4 is 10.0 Å². The Kier molecular flexibility index (Phi) is 7.03. The molecule has 0 atom stereocenters. The molecule has 0 aliphatic carbocycles. The Morgan fingerprint density at radius 3 is 2.04 bits per heavy atom. The lowest BCUT2D eigenvalue weighted by molar-refractivity contribution is 0.0941. The van der Waals surface area contributed by atoms with Gasteiger partial charge in [0.2, 0.25) is 10.0 Å². The number of hydrogen-bond acceptors (Lipinski definition) is 3. The average molecular weight is 409 g/mol. The third kappa shape index (κ3) is 4.89. The zero-order valence-corrected chi connectivity index (χ0v) is 17.3. The zero-order valence-electron chi connectivity index (χ0n) is 15.8. The maximum absolute atomic E-state index is 12.5. The number of amides is 1. The first-order chi connectivity index (χ1) is 12.8. The highest BCUT2D eigenvalue weighted by atomic mass is 35.5. The normalized spacial score (nSPS) is 12.0. The molecule has 0 aliphatic heterocycles. The zero-order chi connectivity index (χ0) is 20.1. The summed E-state index contributed by atoms with van der Waals surface area (Å²) in [4.78, 5) is 12.7. The molecular weight excluding hydrogens is 384 g/mol. The van der Waals surface area contributed by atoms with E-state index < -0.39 is 10.0 Å². The highest BCUT2D eigenvalue weighted by Gasteiger charge is 2.29. The van der Waals surface area contributed by atoms with Gasteiger partial charge in [0.15, 0.2) is 0 Å². The summed E-state index contributed by atoms with van der Waals surface area (Å²) in [6.45, 7) is 4.68. The van der Waals surface area contributed by atoms with Crippen molar-refractivity contribution in [1.82, 2.24) is 10.0 Å². The predicted octanol–water partition coefficient (Wildman–Crippen LogP) is 3.74. The van der Waals surface area contributed by atoms with E-state index in [0.29, 0.717) is 17.1 Å². The lowest BCUT2D eigenvalue weighted by Gasteiger charge is -2.32. The molecule has 146 valence electrons. The van der Waals surface area contributed by atoms with Gasteiger partial charge in [-0.15, -0.1) is 0 Å². The van der Waals surface area contributed by atoms with Crippen molar-refractivity contribution in [3.05, 3.63) is 64.7 Å². The molecule has 2 rings (SSSR count). The number of nitrogens with one attached hydrogen (secondary N) is 2. The van der Waals surface area contributed by atoms with Gasteiger partial charge in [-0.05, 0) is 61.9 Å². The molecule has 0 heterocycles. The first kappa shape index (κ1) is 21.4. The van der Waals surface area contributed by atoms with E-state index in [4.69, 9.17) is 11.6 Å². The second-order valence-corrected chi connectivity index (χ2v) is 8.73. The van der Waals surface area contributed by atoms with Crippen molar-refractivity contribution in [2.24, 2.45) is 0 Å². The Morgan fingerprint density at radius 2 is 1.56 bits per heavy atom. The van der Waals surface area contributed by atoms with Crippen LogP contribution in [0.1, 0.15) is 42.6 Å². The molecule has 7 heteroatoms. The fraction of sp³-hybridized carbons (Fsp3) is 0.350. The summed E-state index contributed by atoms with van der Waals surface area (Å²) in [7, 11) is -2.17. The summed E-state index contributed by atoms with van der Waals surface area (Å²) < 4.78 is 25.8. The molecule has 0 spiro atoms. The van der Waals surface area contributed by atoms with Crippen LogP contribution in [-0.2, 0) is 15.4 Å². The van der Waals surface area contributed by atoms with Crippen molar-refractivity contribution in [3.8, 4) is 0 Å². The van der Waals surface area contributed by atoms with Crippen LogP contribution in [0.3, 0.4) is 0 Å². The van der Waals surface area contributed by atoms with Gasteiger partial charge in [0, 0.05) is 22.5 Å². The van der Waals surface area contributed by atoms with Crippen molar-refractivity contribution in [3.63, 3.8) is 0 Å². The molecule has 2 aromatic rings. The molecule has 2 aromatic carbocycles. The molecule has 0 bridgehead atoms. The van der Waals surface area contributed by atoms with Crippen LogP contribution in [0.25, 0.3) is 0 Å². The number of benzene rings is 2. The number of carbonyl (C=O) groups is 1. The molecule has 0 saturated heterocycles. The van der Waals surface area contributed by atoms with Crippen LogP contribution in [0.5, 0.6) is 0 Å². The summed E-state index contributed by atoms with van der Waals surface area (Å²) in [5.74, 6) is -0.233. The van der Waals surface area contributed by atoms with E-state index in [9.17, 15) is 13.2 Å². The SMILES string of the molecule is CCC(CC)(CNC(=O)c1ccc(S(=O)(=O)NC)cc1)c1ccc(Cl)cc1. The molecule has 0 saturated carbocycles. The maximum atomic E-state index is 12.5. The highest BCUT2D eigenvalue weighted by Crippen LogP contribution is 2.32. The third-order valence-corrected chi connectivity index (χ3v) is 6.78. The first-order valence-corrected chi connectivity index (χ1v) is 10.7. The summed E-state index contributed by atoms with van der Waals surface area (Å²) in [6.07, 6.45) is 1.73. The average Bonchev–Trinajstić information content (AvgIpc) is 2.70. The van der Waals surface area contributed by atoms with Gasteiger partial charge >= 0.3 is 0 Å². The van der Waals surface area contributed by atoms with Crippen LogP contribution in [0, 0.1) is 0 Å². The molecule has 0 aromatic heterocycles. The van der Waals surface area contributed by atoms with Gasteiger partial charge in [0.1, 0.15) is 0 Å². The smallest absolute Gasteiger partial charge is 0.251 e. The van der Waals surface area contributed by atoms with Gasteiger partial charge in [-0.2, -0.15) is 0 Å². The maximum Gasteiger partial charge on any atom is 0.251 e. The Morgan fingerprint density at radius 1 is 1.00 bits per heavy atom. The van der Waals surface area contributed by atoms with Gasteiger partial charge in [-0.3, -0.25) is 4.79 Å². The summed E-state index contributed by atoms with van der Waals surface area (Å²) in [5.41, 5.74) is 1.37. The second kappa shape index (κ2) is 8.87. The van der Waals surface area contributed by atoms with Crippen molar-refractivity contribution >= 4 is 27.5 Å². The van der Waals surface area contributed by atoms with E-state index in [-0.39, 0.29) is 16.2 Å². The highest BCUT2D eigenvalue weighted by molar-refractivity contribution is 7.89. The molecule has 0 unspecified atom stereocenters. The summed E-state index contributed by atoms with van der Waals surface area (Å²) >= 11 is 5.99. The molecule has 0 aliphatic rings. The van der Waals surface area contributed by atoms with Gasteiger partial charge in [-0.1, -0.05) is 37.6 Å². The minimum Gasteiger partial charge on any atom is -0.351 e. The van der Waals surface area contributed by atoms with Gasteiger partial charge in [-0.25, -0.2) is 13.1 Å². The number of hydrogen-bond donors (Lipinski definition) is 2. The van der Waals surface area contributed by atoms with E-state index in [0.717, 1.165) is 18.4 Å². The van der Waals surface area contributed by atoms with Crippen LogP contribution in [0.2, 0.25) is 5.02 Å². The number of sulfonamides is 1. The van der Waals surface area contributed by atoms with E-state index in [1.54, 1.807) is 0 Å². The van der Waals surface area contributed by atoms with Gasteiger partial charge < -0.3 is 5.32 Å². The Balaban J connectivity index is 2.15. The summed E-state index contributed by atoms with van der Waals surface area (Å²) in [5, 5.41) is 3.67. The Bertz CT molecular complexity index is 874. The van der Waals surface area contributed by atoms with Gasteiger partial charge in [0.05, 0.1) is 4.90 Å². The molecular formula is C20H25ClN2O3S. The minimum absolute atomic E-state index is 0.124. The third-order valence-electron chi connectivity index (χ3n) is 5.09. The number of carbonyl (C=O) groups excluding carboxylic acids is 1. The van der Waals surface area contributed by atoms with Crippen LogP contribution in [-0.4, -0.2) is 27.9 Å². The Hall–Kier alpha value is -1.89. The molecule has 0 radical (unpaired) electrons. The number of rotatable bonds is 8. The largest absolute Gasteiger partial charge is 0.351 e. The monoisotopic (exact) mass is 408 g/mol.